The molecule has 1 saturated heterocycles. The Morgan fingerprint density at radius 3 is 2.08 bits per heavy atom. The number of amides is 1. The zero-order valence-electron chi connectivity index (χ0n) is 14.7. The van der Waals surface area contributed by atoms with Crippen molar-refractivity contribution < 1.29 is 23.0 Å². The molecule has 0 saturated carbocycles. The van der Waals surface area contributed by atoms with Gasteiger partial charge in [-0.3, -0.25) is 4.79 Å². The lowest BCUT2D eigenvalue weighted by Gasteiger charge is -2.36. The quantitative estimate of drug-likeness (QED) is 0.839. The molecule has 0 N–H and O–H groups in total. The van der Waals surface area contributed by atoms with Crippen LogP contribution >= 0.6 is 0 Å². The molecule has 1 heterocycles. The van der Waals surface area contributed by atoms with Crippen LogP contribution in [0.3, 0.4) is 0 Å². The molecule has 0 aliphatic carbocycles. The van der Waals surface area contributed by atoms with Crippen LogP contribution in [0.2, 0.25) is 0 Å². The van der Waals surface area contributed by atoms with E-state index >= 15 is 0 Å². The van der Waals surface area contributed by atoms with Gasteiger partial charge < -0.3 is 19.3 Å². The topological polar surface area (TPSA) is 42.0 Å². The third-order valence-electron chi connectivity index (χ3n) is 4.48. The molecule has 0 radical (unpaired) electrons. The molecule has 7 heteroatoms. The molecule has 2 aromatic carbocycles. The van der Waals surface area contributed by atoms with Crippen molar-refractivity contribution in [1.82, 2.24) is 4.90 Å². The van der Waals surface area contributed by atoms with Crippen molar-refractivity contribution in [2.75, 3.05) is 45.3 Å². The molecule has 0 atom stereocenters. The van der Waals surface area contributed by atoms with E-state index in [1.807, 2.05) is 4.90 Å². The zero-order valence-corrected chi connectivity index (χ0v) is 14.7. The van der Waals surface area contributed by atoms with Gasteiger partial charge in [-0.2, -0.15) is 0 Å². The van der Waals surface area contributed by atoms with Crippen LogP contribution in [0.25, 0.3) is 0 Å². The summed E-state index contributed by atoms with van der Waals surface area (Å²) in [4.78, 5) is 16.6. The van der Waals surface area contributed by atoms with Gasteiger partial charge in [0.15, 0.2) is 11.6 Å². The number of piperazine rings is 1. The van der Waals surface area contributed by atoms with Crippen LogP contribution in [0.4, 0.5) is 14.5 Å². The predicted octanol–water partition coefficient (Wildman–Crippen LogP) is 2.94. The minimum atomic E-state index is -0.875. The van der Waals surface area contributed by atoms with Gasteiger partial charge in [-0.25, -0.2) is 8.78 Å². The Kier molecular flexibility index (Phi) is 5.25. The van der Waals surface area contributed by atoms with Gasteiger partial charge in [0.1, 0.15) is 17.1 Å². The molecule has 0 aromatic heterocycles. The van der Waals surface area contributed by atoms with E-state index in [2.05, 4.69) is 0 Å². The molecule has 2 aromatic rings. The summed E-state index contributed by atoms with van der Waals surface area (Å²) < 4.78 is 37.1. The number of ether oxygens (including phenoxy) is 2. The Balaban J connectivity index is 1.74. The van der Waals surface area contributed by atoms with Crippen LogP contribution in [-0.2, 0) is 0 Å². The highest BCUT2D eigenvalue weighted by Gasteiger charge is 2.27. The number of rotatable bonds is 4. The highest BCUT2D eigenvalue weighted by atomic mass is 19.2. The van der Waals surface area contributed by atoms with E-state index < -0.39 is 11.6 Å². The van der Waals surface area contributed by atoms with Gasteiger partial charge in [0.25, 0.3) is 5.91 Å². The summed E-state index contributed by atoms with van der Waals surface area (Å²) in [6.45, 7) is 1.96. The van der Waals surface area contributed by atoms with Crippen molar-refractivity contribution >= 4 is 11.6 Å². The summed E-state index contributed by atoms with van der Waals surface area (Å²) >= 11 is 0. The lowest BCUT2D eigenvalue weighted by molar-refractivity contribution is 0.0739. The van der Waals surface area contributed by atoms with Gasteiger partial charge in [-0.15, -0.1) is 0 Å². The summed E-state index contributed by atoms with van der Waals surface area (Å²) in [6, 6.07) is 9.02. The molecule has 26 heavy (non-hydrogen) atoms. The van der Waals surface area contributed by atoms with E-state index in [9.17, 15) is 13.6 Å². The number of carbonyl (C=O) groups excluding carboxylic acids is 1. The van der Waals surface area contributed by atoms with Crippen LogP contribution in [-0.4, -0.2) is 51.2 Å². The number of anilines is 1. The molecule has 5 nitrogen and oxygen atoms in total. The maximum atomic E-state index is 13.4. The summed E-state index contributed by atoms with van der Waals surface area (Å²) in [5.74, 6) is -1.01. The highest BCUT2D eigenvalue weighted by molar-refractivity contribution is 5.99. The van der Waals surface area contributed by atoms with Crippen LogP contribution in [0.5, 0.6) is 11.5 Å². The summed E-state index contributed by atoms with van der Waals surface area (Å²) in [5.41, 5.74) is 0.990. The molecule has 0 bridgehead atoms. The Bertz CT molecular complexity index is 783. The maximum absolute atomic E-state index is 13.4. The Hall–Kier alpha value is -2.83. The van der Waals surface area contributed by atoms with E-state index in [1.54, 1.807) is 29.2 Å². The summed E-state index contributed by atoms with van der Waals surface area (Å²) in [6.07, 6.45) is 0. The average Bonchev–Trinajstić information content (AvgIpc) is 2.69. The Labute approximate surface area is 150 Å². The Morgan fingerprint density at radius 1 is 0.923 bits per heavy atom. The van der Waals surface area contributed by atoms with Crippen molar-refractivity contribution in [3.8, 4) is 11.5 Å². The smallest absolute Gasteiger partial charge is 0.261 e. The average molecular weight is 362 g/mol. The van der Waals surface area contributed by atoms with Crippen molar-refractivity contribution in [1.29, 1.82) is 0 Å². The number of hydrogen-bond donors (Lipinski definition) is 0. The van der Waals surface area contributed by atoms with Gasteiger partial charge in [-0.05, 0) is 24.3 Å². The molecule has 1 aliphatic heterocycles. The van der Waals surface area contributed by atoms with Crippen LogP contribution in [0, 0.1) is 11.6 Å². The molecule has 0 unspecified atom stereocenters. The standard InChI is InChI=1S/C19H20F2N2O3/c1-25-16-4-3-5-17(26-2)18(16)19(24)23-10-8-22(9-11-23)13-6-7-14(20)15(21)12-13/h3-7,12H,8-11H2,1-2H3. The number of hydrogen-bond acceptors (Lipinski definition) is 4. The number of methoxy groups -OCH3 is 2. The van der Waals surface area contributed by atoms with Crippen molar-refractivity contribution in [3.63, 3.8) is 0 Å². The first-order chi connectivity index (χ1) is 12.5. The van der Waals surface area contributed by atoms with E-state index in [0.717, 1.165) is 6.07 Å². The number of carbonyl (C=O) groups is 1. The molecule has 1 amide bonds. The first-order valence-electron chi connectivity index (χ1n) is 8.25. The van der Waals surface area contributed by atoms with Crippen molar-refractivity contribution in [2.24, 2.45) is 0 Å². The van der Waals surface area contributed by atoms with E-state index in [1.165, 1.54) is 20.3 Å². The van der Waals surface area contributed by atoms with E-state index in [4.69, 9.17) is 9.47 Å². The molecule has 3 rings (SSSR count). The van der Waals surface area contributed by atoms with E-state index in [-0.39, 0.29) is 5.91 Å². The molecule has 1 fully saturated rings. The Morgan fingerprint density at radius 2 is 1.54 bits per heavy atom. The SMILES string of the molecule is COc1cccc(OC)c1C(=O)N1CCN(c2ccc(F)c(F)c2)CC1. The fourth-order valence-corrected chi connectivity index (χ4v) is 3.07. The zero-order chi connectivity index (χ0) is 18.7. The molecule has 0 spiro atoms. The lowest BCUT2D eigenvalue weighted by Crippen LogP contribution is -2.49. The maximum Gasteiger partial charge on any atom is 0.261 e. The fourth-order valence-electron chi connectivity index (χ4n) is 3.07. The second kappa shape index (κ2) is 7.59. The number of nitrogens with zero attached hydrogens (tertiary/aromatic N) is 2. The normalized spacial score (nSPS) is 14.3. The molecule has 138 valence electrons. The highest BCUT2D eigenvalue weighted by Crippen LogP contribution is 2.30. The number of benzene rings is 2. The third kappa shape index (κ3) is 3.42. The molecule has 1 aliphatic rings. The molecular formula is C19H20F2N2O3. The van der Waals surface area contributed by atoms with Gasteiger partial charge >= 0.3 is 0 Å². The van der Waals surface area contributed by atoms with Crippen molar-refractivity contribution in [2.45, 2.75) is 0 Å². The third-order valence-corrected chi connectivity index (χ3v) is 4.48. The first kappa shape index (κ1) is 18.0. The van der Waals surface area contributed by atoms with Crippen LogP contribution < -0.4 is 14.4 Å². The predicted molar refractivity (Wildman–Crippen MR) is 94.0 cm³/mol. The first-order valence-corrected chi connectivity index (χ1v) is 8.25. The van der Waals surface area contributed by atoms with Crippen LogP contribution in [0.15, 0.2) is 36.4 Å². The van der Waals surface area contributed by atoms with E-state index in [0.29, 0.717) is 48.9 Å². The minimum absolute atomic E-state index is 0.177. The van der Waals surface area contributed by atoms with Crippen LogP contribution in [0.1, 0.15) is 10.4 Å². The minimum Gasteiger partial charge on any atom is -0.496 e. The monoisotopic (exact) mass is 362 g/mol. The summed E-state index contributed by atoms with van der Waals surface area (Å²) in [7, 11) is 3.01. The van der Waals surface area contributed by atoms with Gasteiger partial charge in [0.05, 0.1) is 14.2 Å². The largest absolute Gasteiger partial charge is 0.496 e. The van der Waals surface area contributed by atoms with Gasteiger partial charge in [-0.1, -0.05) is 6.07 Å². The van der Waals surface area contributed by atoms with Gasteiger partial charge in [0.2, 0.25) is 0 Å². The second-order valence-corrected chi connectivity index (χ2v) is 5.92. The summed E-state index contributed by atoms with van der Waals surface area (Å²) in [5, 5.41) is 0. The lowest BCUT2D eigenvalue weighted by atomic mass is 10.1. The second-order valence-electron chi connectivity index (χ2n) is 5.92. The van der Waals surface area contributed by atoms with Gasteiger partial charge in [0, 0.05) is 37.9 Å². The fraction of sp³-hybridized carbons (Fsp3) is 0.316. The molecular weight excluding hydrogens is 342 g/mol. The van der Waals surface area contributed by atoms with Crippen molar-refractivity contribution in [3.05, 3.63) is 53.6 Å². The number of halogens is 2.